The highest BCUT2D eigenvalue weighted by Crippen LogP contribution is 2.46. The number of halogens is 3. The minimum absolute atomic E-state index is 0.00825. The van der Waals surface area contributed by atoms with Gasteiger partial charge >= 0.3 is 6.18 Å². The van der Waals surface area contributed by atoms with E-state index in [0.29, 0.717) is 28.8 Å². The molecule has 2 aromatic carbocycles. The van der Waals surface area contributed by atoms with Crippen LogP contribution in [0.5, 0.6) is 0 Å². The Labute approximate surface area is 184 Å². The molecule has 1 aliphatic heterocycles. The fraction of sp³-hybridized carbons (Fsp3) is 0.409. The van der Waals surface area contributed by atoms with Gasteiger partial charge in [-0.2, -0.15) is 21.6 Å². The summed E-state index contributed by atoms with van der Waals surface area (Å²) in [5.41, 5.74) is 6.49. The van der Waals surface area contributed by atoms with E-state index in [1.165, 1.54) is 19.1 Å². The Balaban J connectivity index is 2.07. The molecule has 0 bridgehead atoms. The molecule has 0 spiro atoms. The first-order valence-corrected chi connectivity index (χ1v) is 11.5. The summed E-state index contributed by atoms with van der Waals surface area (Å²) in [6.07, 6.45) is -4.08. The molecule has 6 nitrogen and oxygen atoms in total. The largest absolute Gasteiger partial charge is 0.416 e. The normalized spacial score (nSPS) is 19.0. The molecule has 174 valence electrons. The number of carbonyl (C=O) groups excluding carboxylic acids is 1. The van der Waals surface area contributed by atoms with Crippen molar-refractivity contribution in [2.45, 2.75) is 56.5 Å². The monoisotopic (exact) mass is 470 g/mol. The van der Waals surface area contributed by atoms with E-state index in [4.69, 9.17) is 5.73 Å². The molecule has 0 saturated heterocycles. The van der Waals surface area contributed by atoms with Gasteiger partial charge in [-0.3, -0.25) is 9.35 Å². The Hall–Kier alpha value is -2.59. The van der Waals surface area contributed by atoms with Crippen LogP contribution in [0.15, 0.2) is 36.4 Å². The van der Waals surface area contributed by atoms with Crippen LogP contribution < -0.4 is 11.1 Å². The number of fused-ring (bicyclic) bond motifs is 1. The topological polar surface area (TPSA) is 109 Å². The molecule has 2 aromatic rings. The van der Waals surface area contributed by atoms with Gasteiger partial charge in [0, 0.05) is 11.3 Å². The van der Waals surface area contributed by atoms with Crippen LogP contribution in [0.2, 0.25) is 0 Å². The third-order valence-corrected chi connectivity index (χ3v) is 7.13. The summed E-state index contributed by atoms with van der Waals surface area (Å²) in [5, 5.41) is 2.15. The van der Waals surface area contributed by atoms with Gasteiger partial charge in [0.1, 0.15) is 0 Å². The minimum atomic E-state index is -4.46. The first kappa shape index (κ1) is 24.1. The summed E-state index contributed by atoms with van der Waals surface area (Å²) in [6.45, 7) is 5.03. The Morgan fingerprint density at radius 3 is 2.47 bits per heavy atom. The van der Waals surface area contributed by atoms with Crippen LogP contribution in [0.4, 0.5) is 18.9 Å². The van der Waals surface area contributed by atoms with Crippen LogP contribution >= 0.6 is 0 Å². The predicted molar refractivity (Wildman–Crippen MR) is 115 cm³/mol. The second-order valence-electron chi connectivity index (χ2n) is 8.85. The zero-order valence-electron chi connectivity index (χ0n) is 17.8. The molecule has 1 heterocycles. The SMILES string of the molecule is CC(Cc1ccc(C(N)=O)cc1C1CC(C)(C)c2cc(C(F)(F)F)ccc2N1)S(=O)(=O)O. The van der Waals surface area contributed by atoms with E-state index in [1.54, 1.807) is 12.1 Å². The van der Waals surface area contributed by atoms with Crippen molar-refractivity contribution in [3.05, 3.63) is 64.2 Å². The van der Waals surface area contributed by atoms with Gasteiger partial charge in [-0.25, -0.2) is 0 Å². The van der Waals surface area contributed by atoms with Crippen LogP contribution in [0.25, 0.3) is 0 Å². The fourth-order valence-corrected chi connectivity index (χ4v) is 4.52. The van der Waals surface area contributed by atoms with Crippen molar-refractivity contribution in [2.24, 2.45) is 5.73 Å². The maximum absolute atomic E-state index is 13.2. The average molecular weight is 471 g/mol. The lowest BCUT2D eigenvalue weighted by Gasteiger charge is -2.40. The summed E-state index contributed by atoms with van der Waals surface area (Å²) in [5.74, 6) is -0.661. The molecule has 0 saturated carbocycles. The van der Waals surface area contributed by atoms with E-state index in [-0.39, 0.29) is 12.0 Å². The highest BCUT2D eigenvalue weighted by molar-refractivity contribution is 7.86. The van der Waals surface area contributed by atoms with E-state index >= 15 is 0 Å². The van der Waals surface area contributed by atoms with Crippen molar-refractivity contribution in [1.82, 2.24) is 0 Å². The molecular weight excluding hydrogens is 445 g/mol. The molecule has 4 N–H and O–H groups in total. The van der Waals surface area contributed by atoms with Crippen molar-refractivity contribution in [2.75, 3.05) is 5.32 Å². The van der Waals surface area contributed by atoms with Crippen LogP contribution in [0.3, 0.4) is 0 Å². The fourth-order valence-electron chi connectivity index (χ4n) is 4.13. The molecule has 1 aliphatic rings. The number of primary amides is 1. The molecule has 2 atom stereocenters. The summed E-state index contributed by atoms with van der Waals surface area (Å²) in [7, 11) is -4.28. The molecule has 0 radical (unpaired) electrons. The first-order valence-electron chi connectivity index (χ1n) is 9.97. The third kappa shape index (κ3) is 4.91. The van der Waals surface area contributed by atoms with Gasteiger partial charge in [0.25, 0.3) is 10.1 Å². The number of anilines is 1. The maximum Gasteiger partial charge on any atom is 0.416 e. The number of carbonyl (C=O) groups is 1. The van der Waals surface area contributed by atoms with E-state index in [9.17, 15) is 30.9 Å². The summed E-state index contributed by atoms with van der Waals surface area (Å²) < 4.78 is 72.1. The number of rotatable bonds is 5. The van der Waals surface area contributed by atoms with Gasteiger partial charge in [0.2, 0.25) is 5.91 Å². The summed E-state index contributed by atoms with van der Waals surface area (Å²) in [4.78, 5) is 11.7. The highest BCUT2D eigenvalue weighted by atomic mass is 32.2. The molecule has 3 rings (SSSR count). The zero-order valence-corrected chi connectivity index (χ0v) is 18.6. The lowest BCUT2D eigenvalue weighted by atomic mass is 9.73. The van der Waals surface area contributed by atoms with Gasteiger partial charge in [-0.05, 0) is 72.2 Å². The second kappa shape index (κ2) is 8.08. The first-order chi connectivity index (χ1) is 14.6. The van der Waals surface area contributed by atoms with Crippen LogP contribution in [-0.4, -0.2) is 24.1 Å². The van der Waals surface area contributed by atoms with Crippen molar-refractivity contribution in [1.29, 1.82) is 0 Å². The minimum Gasteiger partial charge on any atom is -0.378 e. The van der Waals surface area contributed by atoms with Gasteiger partial charge < -0.3 is 11.1 Å². The third-order valence-electron chi connectivity index (χ3n) is 5.94. The number of amides is 1. The number of nitrogens with one attached hydrogen (secondary N) is 1. The standard InChI is InChI=1S/C22H25F3N2O4S/c1-12(32(29,30)31)8-13-4-5-14(20(26)28)9-16(13)19-11-21(2,3)17-10-15(22(23,24)25)6-7-18(17)27-19/h4-7,9-10,12,19,27H,8,11H2,1-3H3,(H2,26,28)(H,29,30,31). The smallest absolute Gasteiger partial charge is 0.378 e. The maximum atomic E-state index is 13.2. The van der Waals surface area contributed by atoms with Gasteiger partial charge in [-0.1, -0.05) is 19.9 Å². The Morgan fingerprint density at radius 1 is 1.25 bits per heavy atom. The molecule has 0 fully saturated rings. The lowest BCUT2D eigenvalue weighted by Crippen LogP contribution is -2.32. The summed E-state index contributed by atoms with van der Waals surface area (Å²) >= 11 is 0. The van der Waals surface area contributed by atoms with Crippen LogP contribution in [0, 0.1) is 0 Å². The number of nitrogens with two attached hydrogens (primary N) is 1. The quantitative estimate of drug-likeness (QED) is 0.559. The van der Waals surface area contributed by atoms with Crippen molar-refractivity contribution in [3.63, 3.8) is 0 Å². The van der Waals surface area contributed by atoms with Crippen molar-refractivity contribution in [3.8, 4) is 0 Å². The van der Waals surface area contributed by atoms with E-state index in [0.717, 1.165) is 12.1 Å². The lowest BCUT2D eigenvalue weighted by molar-refractivity contribution is -0.137. The second-order valence-corrected chi connectivity index (χ2v) is 10.7. The Morgan fingerprint density at radius 2 is 1.91 bits per heavy atom. The van der Waals surface area contributed by atoms with Gasteiger partial charge in [0.15, 0.2) is 0 Å². The Kier molecular flexibility index (Phi) is 6.07. The van der Waals surface area contributed by atoms with E-state index in [1.807, 2.05) is 13.8 Å². The predicted octanol–water partition coefficient (Wildman–Crippen LogP) is 4.46. The highest BCUT2D eigenvalue weighted by Gasteiger charge is 2.38. The van der Waals surface area contributed by atoms with Crippen LogP contribution in [0.1, 0.15) is 65.8 Å². The molecule has 32 heavy (non-hydrogen) atoms. The zero-order chi connectivity index (χ0) is 24.1. The van der Waals surface area contributed by atoms with Crippen molar-refractivity contribution < 1.29 is 30.9 Å². The molecule has 0 aromatic heterocycles. The molecule has 2 unspecified atom stereocenters. The number of alkyl halides is 3. The molecule has 1 amide bonds. The van der Waals surface area contributed by atoms with E-state index < -0.39 is 44.5 Å². The van der Waals surface area contributed by atoms with Gasteiger partial charge in [0.05, 0.1) is 16.9 Å². The number of hydrogen-bond acceptors (Lipinski definition) is 4. The number of hydrogen-bond donors (Lipinski definition) is 3. The van der Waals surface area contributed by atoms with Gasteiger partial charge in [-0.15, -0.1) is 0 Å². The molecule has 0 aliphatic carbocycles. The van der Waals surface area contributed by atoms with Crippen LogP contribution in [-0.2, 0) is 28.1 Å². The average Bonchev–Trinajstić information content (AvgIpc) is 2.65. The summed E-state index contributed by atoms with van der Waals surface area (Å²) in [6, 6.07) is 7.74. The number of benzene rings is 2. The van der Waals surface area contributed by atoms with E-state index in [2.05, 4.69) is 5.32 Å². The van der Waals surface area contributed by atoms with Crippen molar-refractivity contribution >= 4 is 21.7 Å². The Bertz CT molecular complexity index is 1160. The molecule has 10 heteroatoms. The molecular formula is C22H25F3N2O4S.